The molecule has 0 amide bonds. The van der Waals surface area contributed by atoms with Crippen LogP contribution in [0.5, 0.6) is 0 Å². The molecule has 0 spiro atoms. The number of hydrogen-bond acceptors (Lipinski definition) is 2. The lowest BCUT2D eigenvalue weighted by atomic mass is 9.75. The summed E-state index contributed by atoms with van der Waals surface area (Å²) in [6, 6.07) is 7.84. The first kappa shape index (κ1) is 15.8. The summed E-state index contributed by atoms with van der Waals surface area (Å²) in [5.41, 5.74) is 6.98. The fraction of sp³-hybridized carbons (Fsp3) is 0.571. The van der Waals surface area contributed by atoms with Gasteiger partial charge in [-0.15, -0.1) is 12.4 Å². The van der Waals surface area contributed by atoms with Crippen molar-refractivity contribution in [1.29, 1.82) is 0 Å². The fourth-order valence-electron chi connectivity index (χ4n) is 2.92. The highest BCUT2D eigenvalue weighted by Gasteiger charge is 2.31. The molecule has 1 aromatic rings. The second-order valence-electron chi connectivity index (χ2n) is 4.88. The molecule has 2 nitrogen and oxygen atoms in total. The van der Waals surface area contributed by atoms with Crippen molar-refractivity contribution in [3.8, 4) is 0 Å². The summed E-state index contributed by atoms with van der Waals surface area (Å²) < 4.78 is 0. The van der Waals surface area contributed by atoms with E-state index in [2.05, 4.69) is 0 Å². The Bertz CT molecular complexity index is 373. The molecule has 1 fully saturated rings. The van der Waals surface area contributed by atoms with Gasteiger partial charge in [0.1, 0.15) is 0 Å². The Morgan fingerprint density at radius 3 is 2.56 bits per heavy atom. The van der Waals surface area contributed by atoms with Crippen molar-refractivity contribution < 1.29 is 5.11 Å². The molecule has 0 radical (unpaired) electrons. The Morgan fingerprint density at radius 1 is 1.28 bits per heavy atom. The number of aliphatic hydroxyl groups excluding tert-OH is 1. The van der Waals surface area contributed by atoms with E-state index in [1.165, 1.54) is 6.42 Å². The Labute approximate surface area is 120 Å². The summed E-state index contributed by atoms with van der Waals surface area (Å²) in [6.45, 7) is 0.547. The topological polar surface area (TPSA) is 46.2 Å². The van der Waals surface area contributed by atoms with Gasteiger partial charge in [-0.25, -0.2) is 0 Å². The van der Waals surface area contributed by atoms with Gasteiger partial charge in [-0.1, -0.05) is 42.6 Å². The van der Waals surface area contributed by atoms with E-state index in [0.29, 0.717) is 6.54 Å². The molecule has 0 aromatic heterocycles. The maximum absolute atomic E-state index is 10.1. The minimum Gasteiger partial charge on any atom is -0.393 e. The standard InChI is InChI=1S/C14H20ClNO.ClH/c15-13-7-3-1-5-10(13)12(9-16)11-6-2-4-8-14(11)17;/h1,3,5,7,11-12,14,17H,2,4,6,8-9,16H2;1H/t11?,12-,14-;/m0./s1. The van der Waals surface area contributed by atoms with Crippen LogP contribution in [0.25, 0.3) is 0 Å². The zero-order valence-corrected chi connectivity index (χ0v) is 12.0. The van der Waals surface area contributed by atoms with E-state index in [9.17, 15) is 5.11 Å². The molecule has 1 saturated carbocycles. The summed E-state index contributed by atoms with van der Waals surface area (Å²) in [7, 11) is 0. The van der Waals surface area contributed by atoms with Gasteiger partial charge in [-0.2, -0.15) is 0 Å². The maximum atomic E-state index is 10.1. The molecule has 3 N–H and O–H groups in total. The maximum Gasteiger partial charge on any atom is 0.0574 e. The van der Waals surface area contributed by atoms with Crippen molar-refractivity contribution in [2.24, 2.45) is 11.7 Å². The molecule has 1 aromatic carbocycles. The largest absolute Gasteiger partial charge is 0.393 e. The third-order valence-electron chi connectivity index (χ3n) is 3.86. The van der Waals surface area contributed by atoms with E-state index in [1.807, 2.05) is 24.3 Å². The van der Waals surface area contributed by atoms with E-state index < -0.39 is 0 Å². The Morgan fingerprint density at radius 2 is 1.94 bits per heavy atom. The van der Waals surface area contributed by atoms with Gasteiger partial charge in [-0.3, -0.25) is 0 Å². The fourth-order valence-corrected chi connectivity index (χ4v) is 3.19. The monoisotopic (exact) mass is 289 g/mol. The van der Waals surface area contributed by atoms with Crippen molar-refractivity contribution in [1.82, 2.24) is 0 Å². The Hall–Kier alpha value is -0.280. The molecule has 102 valence electrons. The molecule has 1 aliphatic rings. The van der Waals surface area contributed by atoms with Gasteiger partial charge in [0.25, 0.3) is 0 Å². The second kappa shape index (κ2) is 7.34. The zero-order chi connectivity index (χ0) is 12.3. The average Bonchev–Trinajstić information content (AvgIpc) is 2.34. The van der Waals surface area contributed by atoms with Crippen LogP contribution in [-0.2, 0) is 0 Å². The number of halogens is 2. The van der Waals surface area contributed by atoms with Crippen LogP contribution in [0.2, 0.25) is 5.02 Å². The summed E-state index contributed by atoms with van der Waals surface area (Å²) in [4.78, 5) is 0. The number of aliphatic hydroxyl groups is 1. The number of nitrogens with two attached hydrogens (primary N) is 1. The lowest BCUT2D eigenvalue weighted by Gasteiger charge is -2.34. The summed E-state index contributed by atoms with van der Waals surface area (Å²) in [5.74, 6) is 0.438. The molecule has 0 heterocycles. The number of hydrogen-bond donors (Lipinski definition) is 2. The van der Waals surface area contributed by atoms with Crippen LogP contribution in [0.1, 0.15) is 37.2 Å². The zero-order valence-electron chi connectivity index (χ0n) is 10.4. The molecular weight excluding hydrogens is 269 g/mol. The van der Waals surface area contributed by atoms with Crippen LogP contribution in [0, 0.1) is 5.92 Å². The Kier molecular flexibility index (Phi) is 6.44. The highest BCUT2D eigenvalue weighted by Crippen LogP contribution is 2.38. The van der Waals surface area contributed by atoms with Crippen LogP contribution < -0.4 is 5.73 Å². The second-order valence-corrected chi connectivity index (χ2v) is 5.29. The van der Waals surface area contributed by atoms with E-state index in [4.69, 9.17) is 17.3 Å². The third-order valence-corrected chi connectivity index (χ3v) is 4.20. The molecule has 1 aliphatic carbocycles. The number of benzene rings is 1. The minimum atomic E-state index is -0.228. The van der Waals surface area contributed by atoms with Crippen molar-refractivity contribution in [3.05, 3.63) is 34.9 Å². The van der Waals surface area contributed by atoms with Crippen molar-refractivity contribution in [3.63, 3.8) is 0 Å². The molecule has 0 saturated heterocycles. The van der Waals surface area contributed by atoms with Gasteiger partial charge in [0, 0.05) is 10.9 Å². The molecule has 2 rings (SSSR count). The van der Waals surface area contributed by atoms with Crippen molar-refractivity contribution >= 4 is 24.0 Å². The molecule has 18 heavy (non-hydrogen) atoms. The van der Waals surface area contributed by atoms with Gasteiger partial charge in [0.15, 0.2) is 0 Å². The van der Waals surface area contributed by atoms with Crippen LogP contribution in [-0.4, -0.2) is 17.8 Å². The summed E-state index contributed by atoms with van der Waals surface area (Å²) in [6.07, 6.45) is 4.02. The van der Waals surface area contributed by atoms with Gasteiger partial charge in [0.05, 0.1) is 6.10 Å². The first-order valence-corrected chi connectivity index (χ1v) is 6.74. The van der Waals surface area contributed by atoms with Gasteiger partial charge in [-0.05, 0) is 36.9 Å². The predicted octanol–water partition coefficient (Wildman–Crippen LogP) is 3.36. The lowest BCUT2D eigenvalue weighted by Crippen LogP contribution is -2.33. The smallest absolute Gasteiger partial charge is 0.0574 e. The van der Waals surface area contributed by atoms with Crippen LogP contribution in [0.3, 0.4) is 0 Å². The SMILES string of the molecule is Cl.NC[C@@H](c1ccccc1Cl)C1CCCC[C@@H]1O. The van der Waals surface area contributed by atoms with Crippen LogP contribution >= 0.6 is 24.0 Å². The van der Waals surface area contributed by atoms with Crippen LogP contribution in [0.4, 0.5) is 0 Å². The molecule has 4 heteroatoms. The molecule has 3 atom stereocenters. The summed E-state index contributed by atoms with van der Waals surface area (Å²) in [5, 5.41) is 10.9. The summed E-state index contributed by atoms with van der Waals surface area (Å²) >= 11 is 6.23. The quantitative estimate of drug-likeness (QED) is 0.896. The van der Waals surface area contributed by atoms with E-state index in [1.54, 1.807) is 0 Å². The minimum absolute atomic E-state index is 0. The number of rotatable bonds is 3. The lowest BCUT2D eigenvalue weighted by molar-refractivity contribution is 0.0561. The van der Waals surface area contributed by atoms with Crippen molar-refractivity contribution in [2.45, 2.75) is 37.7 Å². The normalized spacial score (nSPS) is 25.3. The molecular formula is C14H21Cl2NO. The molecule has 1 unspecified atom stereocenters. The van der Waals surface area contributed by atoms with E-state index in [0.717, 1.165) is 29.8 Å². The molecule has 0 aliphatic heterocycles. The highest BCUT2D eigenvalue weighted by molar-refractivity contribution is 6.31. The van der Waals surface area contributed by atoms with E-state index in [-0.39, 0.29) is 30.3 Å². The van der Waals surface area contributed by atoms with Gasteiger partial charge >= 0.3 is 0 Å². The highest BCUT2D eigenvalue weighted by atomic mass is 35.5. The first-order chi connectivity index (χ1) is 8.24. The van der Waals surface area contributed by atoms with Crippen molar-refractivity contribution in [2.75, 3.05) is 6.54 Å². The predicted molar refractivity (Wildman–Crippen MR) is 78.5 cm³/mol. The average molecular weight is 290 g/mol. The first-order valence-electron chi connectivity index (χ1n) is 6.36. The Balaban J connectivity index is 0.00000162. The molecule has 0 bridgehead atoms. The van der Waals surface area contributed by atoms with E-state index >= 15 is 0 Å². The van der Waals surface area contributed by atoms with Crippen LogP contribution in [0.15, 0.2) is 24.3 Å². The van der Waals surface area contributed by atoms with Gasteiger partial charge in [0.2, 0.25) is 0 Å². The van der Waals surface area contributed by atoms with Gasteiger partial charge < -0.3 is 10.8 Å². The third kappa shape index (κ3) is 3.39.